The maximum atomic E-state index is 15.0. The van der Waals surface area contributed by atoms with Gasteiger partial charge in [-0.1, -0.05) is 55.0 Å². The average molecular weight is 1000 g/mol. The molecule has 1 aliphatic rings. The highest BCUT2D eigenvalue weighted by Crippen LogP contribution is 2.34. The highest BCUT2D eigenvalue weighted by atomic mass is 32.1. The number of thiazole rings is 2. The number of aromatic nitrogens is 4. The summed E-state index contributed by atoms with van der Waals surface area (Å²) >= 11 is 2.97. The molecule has 15 nitrogen and oxygen atoms in total. The predicted octanol–water partition coefficient (Wildman–Crippen LogP) is 9.12. The van der Waals surface area contributed by atoms with Crippen molar-refractivity contribution in [1.29, 1.82) is 0 Å². The zero-order valence-electron chi connectivity index (χ0n) is 41.9. The molecule has 1 amide bonds. The first-order valence-corrected chi connectivity index (χ1v) is 28.9. The molecular formula is C50H68FN9O6S2Si. The number of esters is 1. The van der Waals surface area contributed by atoms with Gasteiger partial charge in [-0.2, -0.15) is 4.99 Å². The van der Waals surface area contributed by atoms with Crippen molar-refractivity contribution in [2.75, 3.05) is 85.1 Å². The summed E-state index contributed by atoms with van der Waals surface area (Å²) < 4.78 is 41.0. The molecule has 3 aromatic heterocycles. The molecule has 0 bridgehead atoms. The Kier molecular flexibility index (Phi) is 18.9. The van der Waals surface area contributed by atoms with Crippen molar-refractivity contribution < 1.29 is 32.9 Å². The van der Waals surface area contributed by atoms with Crippen molar-refractivity contribution in [2.45, 2.75) is 91.4 Å². The lowest BCUT2D eigenvalue weighted by Gasteiger charge is -2.35. The van der Waals surface area contributed by atoms with Crippen molar-refractivity contribution in [1.82, 2.24) is 34.4 Å². The maximum absolute atomic E-state index is 15.0. The topological polar surface area (TPSA) is 140 Å². The fraction of sp³-hybridized carbons (Fsp3) is 0.520. The number of carbonyl (C=O) groups is 2. The van der Waals surface area contributed by atoms with Gasteiger partial charge in [0.25, 0.3) is 0 Å². The molecule has 19 heteroatoms. The summed E-state index contributed by atoms with van der Waals surface area (Å²) in [5, 5.41) is 10.0. The predicted molar refractivity (Wildman–Crippen MR) is 276 cm³/mol. The second kappa shape index (κ2) is 24.5. The number of benzene rings is 2. The summed E-state index contributed by atoms with van der Waals surface area (Å²) in [6.45, 7) is 20.6. The van der Waals surface area contributed by atoms with Gasteiger partial charge in [-0.05, 0) is 122 Å². The first-order valence-electron chi connectivity index (χ1n) is 23.5. The van der Waals surface area contributed by atoms with E-state index in [0.717, 1.165) is 64.0 Å². The van der Waals surface area contributed by atoms with E-state index < -0.39 is 25.5 Å². The third-order valence-corrected chi connectivity index (χ3v) is 14.9. The Morgan fingerprint density at radius 1 is 0.971 bits per heavy atom. The number of aryl methyl sites for hydroxylation is 2. The van der Waals surface area contributed by atoms with Gasteiger partial charge in [-0.15, -0.1) is 21.5 Å². The molecule has 0 N–H and O–H groups in total. The van der Waals surface area contributed by atoms with Crippen LogP contribution in [0.3, 0.4) is 0 Å². The van der Waals surface area contributed by atoms with E-state index in [-0.39, 0.29) is 24.1 Å². The van der Waals surface area contributed by atoms with Gasteiger partial charge in [0.05, 0.1) is 30.5 Å². The van der Waals surface area contributed by atoms with Crippen molar-refractivity contribution in [3.8, 4) is 17.6 Å². The zero-order valence-corrected chi connectivity index (χ0v) is 44.5. The zero-order chi connectivity index (χ0) is 49.7. The SMILES string of the molecule is COC(=O)c1nc(N(CCCCN2CCN(C(=O)OC(C)(C)C)CC2)c2cc(C)c(N=c3sc4ccccc4n3COCC[Si](C)(C)C)nn2)sc1CCCOc1ccc(C#CCN(C)C)cc1F. The summed E-state index contributed by atoms with van der Waals surface area (Å²) in [5.41, 5.74) is 2.12. The third-order valence-electron chi connectivity index (χ3n) is 11.0. The Hall–Kier alpha value is -5.23. The van der Waals surface area contributed by atoms with Crippen LogP contribution >= 0.6 is 22.7 Å². The summed E-state index contributed by atoms with van der Waals surface area (Å²) in [7, 11) is 3.92. The molecule has 0 radical (unpaired) electrons. The average Bonchev–Trinajstić information content (AvgIpc) is 3.87. The molecule has 69 heavy (non-hydrogen) atoms. The van der Waals surface area contributed by atoms with Crippen molar-refractivity contribution in [3.63, 3.8) is 0 Å². The molecule has 0 atom stereocenters. The summed E-state index contributed by atoms with van der Waals surface area (Å²) in [4.78, 5) is 45.4. The highest BCUT2D eigenvalue weighted by molar-refractivity contribution is 7.16. The second-order valence-electron chi connectivity index (χ2n) is 19.5. The van der Waals surface area contributed by atoms with E-state index in [2.05, 4.69) is 58.2 Å². The molecule has 0 spiro atoms. The Bertz CT molecular complexity index is 2660. The van der Waals surface area contributed by atoms with Crippen LogP contribution < -0.4 is 14.4 Å². The smallest absolute Gasteiger partial charge is 0.410 e. The number of methoxy groups -OCH3 is 1. The molecule has 2 aromatic carbocycles. The van der Waals surface area contributed by atoms with E-state index in [4.69, 9.17) is 34.0 Å². The monoisotopic (exact) mass is 1000 g/mol. The van der Waals surface area contributed by atoms with Crippen molar-refractivity contribution in [3.05, 3.63) is 80.8 Å². The van der Waals surface area contributed by atoms with Crippen molar-refractivity contribution in [2.24, 2.45) is 4.99 Å². The summed E-state index contributed by atoms with van der Waals surface area (Å²) in [5.74, 6) is 6.16. The Morgan fingerprint density at radius 2 is 1.74 bits per heavy atom. The van der Waals surface area contributed by atoms with Crippen LogP contribution in [0.15, 0.2) is 53.5 Å². The van der Waals surface area contributed by atoms with Crippen LogP contribution in [0.25, 0.3) is 10.2 Å². The number of halogens is 1. The number of hydrogen-bond acceptors (Lipinski definition) is 15. The summed E-state index contributed by atoms with van der Waals surface area (Å²) in [6, 6.07) is 15.9. The third kappa shape index (κ3) is 15.9. The highest BCUT2D eigenvalue weighted by Gasteiger charge is 2.27. The van der Waals surface area contributed by atoms with Gasteiger partial charge in [0, 0.05) is 57.8 Å². The lowest BCUT2D eigenvalue weighted by Crippen LogP contribution is -2.50. The van der Waals surface area contributed by atoms with Crippen LogP contribution in [0.2, 0.25) is 25.7 Å². The van der Waals surface area contributed by atoms with Crippen LogP contribution in [-0.2, 0) is 27.4 Å². The number of unbranched alkanes of at least 4 members (excludes halogenated alkanes) is 1. The number of carbonyl (C=O) groups excluding carboxylic acids is 2. The molecule has 0 saturated carbocycles. The minimum absolute atomic E-state index is 0.138. The number of nitrogens with zero attached hydrogens (tertiary/aromatic N) is 9. The van der Waals surface area contributed by atoms with Crippen LogP contribution in [0.5, 0.6) is 5.75 Å². The van der Waals surface area contributed by atoms with Crippen LogP contribution in [-0.4, -0.2) is 140 Å². The van der Waals surface area contributed by atoms with Crippen molar-refractivity contribution >= 4 is 69.8 Å². The fourth-order valence-corrected chi connectivity index (χ4v) is 10.1. The standard InChI is InChI=1S/C50H68FN9O6S2Si/c1-36-33-43(54-55-45(36)53-48-60(35-64-31-32-69(8,9)10)39-18-11-12-19-41(39)67-48)59(25-14-13-24-57-26-28-58(29-27-57)49(62)66-50(2,3)4)47-52-44(46(61)63-7)42(68-47)20-16-30-65-40-22-21-37(34-38(40)51)17-15-23-56(5)6/h11-12,18-19,21-22,33-34H,13-14,16,20,23-32,35H2,1-10H3. The van der Waals surface area contributed by atoms with E-state index in [1.54, 1.807) is 28.4 Å². The fourth-order valence-electron chi connectivity index (χ4n) is 7.25. The minimum atomic E-state index is -1.27. The largest absolute Gasteiger partial charge is 0.491 e. The number of hydrogen-bond donors (Lipinski definition) is 0. The van der Waals surface area contributed by atoms with E-state index in [1.807, 2.05) is 69.8 Å². The number of ether oxygens (including phenoxy) is 4. The van der Waals surface area contributed by atoms with E-state index in [1.165, 1.54) is 24.5 Å². The van der Waals surface area contributed by atoms with E-state index in [0.29, 0.717) is 74.7 Å². The second-order valence-corrected chi connectivity index (χ2v) is 27.2. The number of piperazine rings is 1. The lowest BCUT2D eigenvalue weighted by molar-refractivity contribution is 0.0144. The molecule has 5 aromatic rings. The van der Waals surface area contributed by atoms with Gasteiger partial charge in [-0.25, -0.2) is 19.0 Å². The van der Waals surface area contributed by atoms with Crippen LogP contribution in [0.4, 0.5) is 26.0 Å². The van der Waals surface area contributed by atoms with E-state index >= 15 is 0 Å². The van der Waals surface area contributed by atoms with Gasteiger partial charge in [0.2, 0.25) is 0 Å². The van der Waals surface area contributed by atoms with Gasteiger partial charge in [0.1, 0.15) is 12.3 Å². The van der Waals surface area contributed by atoms with E-state index in [9.17, 15) is 14.0 Å². The molecule has 372 valence electrons. The number of anilines is 2. The number of para-hydroxylation sites is 1. The van der Waals surface area contributed by atoms with Gasteiger partial charge >= 0.3 is 12.1 Å². The molecule has 0 unspecified atom stereocenters. The van der Waals surface area contributed by atoms with Crippen LogP contribution in [0.1, 0.15) is 66.5 Å². The first kappa shape index (κ1) is 53.1. The minimum Gasteiger partial charge on any atom is -0.491 e. The Labute approximate surface area is 415 Å². The quantitative estimate of drug-likeness (QED) is 0.0318. The number of amides is 1. The molecule has 0 aliphatic carbocycles. The summed E-state index contributed by atoms with van der Waals surface area (Å²) in [6.07, 6.45) is 2.31. The molecule has 1 fully saturated rings. The molecule has 1 saturated heterocycles. The maximum Gasteiger partial charge on any atom is 0.410 e. The van der Waals surface area contributed by atoms with Gasteiger partial charge in [-0.3, -0.25) is 14.4 Å². The normalized spacial score (nSPS) is 13.7. The van der Waals surface area contributed by atoms with Crippen LogP contribution in [0, 0.1) is 24.6 Å². The lowest BCUT2D eigenvalue weighted by atomic mass is 10.2. The Balaban J connectivity index is 1.21. The van der Waals surface area contributed by atoms with Gasteiger partial charge < -0.3 is 28.7 Å². The number of rotatable bonds is 20. The van der Waals surface area contributed by atoms with Gasteiger partial charge in [0.15, 0.2) is 38.8 Å². The first-order chi connectivity index (χ1) is 32.9. The number of fused-ring (bicyclic) bond motifs is 1. The molecule has 1 aliphatic heterocycles. The molecule has 6 rings (SSSR count). The Morgan fingerprint density at radius 3 is 2.43 bits per heavy atom. The molecule has 4 heterocycles. The molecular weight excluding hydrogens is 934 g/mol.